The number of aromatic nitrogens is 9. The van der Waals surface area contributed by atoms with Crippen molar-refractivity contribution in [3.63, 3.8) is 0 Å². The number of carbonyl (C=O) groups is 6. The van der Waals surface area contributed by atoms with Crippen LogP contribution in [0.5, 0.6) is 18.0 Å². The summed E-state index contributed by atoms with van der Waals surface area (Å²) in [5, 5.41) is 15.6. The topological polar surface area (TPSA) is 408 Å². The summed E-state index contributed by atoms with van der Waals surface area (Å²) in [7, 11) is 4.12. The van der Waals surface area contributed by atoms with Crippen LogP contribution in [0.4, 0.5) is 91.4 Å². The molecule has 0 bridgehead atoms. The van der Waals surface area contributed by atoms with Gasteiger partial charge in [-0.05, 0) is 66.2 Å². The summed E-state index contributed by atoms with van der Waals surface area (Å²) in [4.78, 5) is 107. The number of rotatable bonds is 18. The molecular weight excluding hydrogens is 1140 g/mol. The average molecular weight is 1190 g/mol. The van der Waals surface area contributed by atoms with Gasteiger partial charge in [0.15, 0.2) is 0 Å². The summed E-state index contributed by atoms with van der Waals surface area (Å²) in [5.41, 5.74) is 12.1. The van der Waals surface area contributed by atoms with Crippen molar-refractivity contribution in [2.75, 3.05) is 103 Å². The van der Waals surface area contributed by atoms with E-state index in [1.54, 1.807) is 6.07 Å². The van der Waals surface area contributed by atoms with E-state index in [4.69, 9.17) is 51.5 Å². The number of amides is 6. The minimum absolute atomic E-state index is 0.00130. The van der Waals surface area contributed by atoms with Gasteiger partial charge in [0.05, 0.1) is 94.7 Å². The smallest absolute Gasteiger partial charge is 0.414 e. The summed E-state index contributed by atoms with van der Waals surface area (Å²) >= 11 is 5.68. The van der Waals surface area contributed by atoms with Crippen molar-refractivity contribution in [1.29, 1.82) is 0 Å². The van der Waals surface area contributed by atoms with E-state index >= 15 is 0 Å². The Bertz CT molecular complexity index is 3390. The van der Waals surface area contributed by atoms with Gasteiger partial charge in [-0.3, -0.25) is 29.1 Å². The van der Waals surface area contributed by atoms with E-state index in [0.29, 0.717) is 17.1 Å². The van der Waals surface area contributed by atoms with E-state index in [-0.39, 0.29) is 127 Å². The molecule has 10 N–H and O–H groups in total. The van der Waals surface area contributed by atoms with Gasteiger partial charge in [0.25, 0.3) is 0 Å². The van der Waals surface area contributed by atoms with E-state index in [9.17, 15) is 41.9 Å². The van der Waals surface area contributed by atoms with E-state index in [1.807, 2.05) is 0 Å². The highest BCUT2D eigenvalue weighted by molar-refractivity contribution is 6.28. The molecule has 0 radical (unpaired) electrons. The second-order valence-corrected chi connectivity index (χ2v) is 17.8. The molecule has 3 fully saturated rings. The van der Waals surface area contributed by atoms with Crippen LogP contribution in [0.2, 0.25) is 5.28 Å². The lowest BCUT2D eigenvalue weighted by molar-refractivity contribution is -0.120. The fourth-order valence-electron chi connectivity index (χ4n) is 7.49. The Kier molecular flexibility index (Phi) is 20.1. The molecule has 3 atom stereocenters. The lowest BCUT2D eigenvalue weighted by atomic mass is 10.2. The number of hydrogen-bond acceptors (Lipinski definition) is 26. The molecule has 9 rings (SSSR count). The minimum Gasteiger partial charge on any atom is -0.467 e. The number of carbonyl (C=O) groups excluding carboxylic acids is 6. The molecule has 6 amide bonds. The maximum atomic E-state index is 14.6. The van der Waals surface area contributed by atoms with E-state index in [0.717, 1.165) is 6.07 Å². The van der Waals surface area contributed by atoms with Crippen LogP contribution in [-0.4, -0.2) is 160 Å². The molecule has 3 aromatic carbocycles. The van der Waals surface area contributed by atoms with Gasteiger partial charge in [-0.15, -0.1) is 4.98 Å². The normalized spacial score (nSPS) is 15.9. The Morgan fingerprint density at radius 2 is 0.821 bits per heavy atom. The second-order valence-electron chi connectivity index (χ2n) is 17.5. The lowest BCUT2D eigenvalue weighted by Gasteiger charge is -2.15. The monoisotopic (exact) mass is 1190 g/mol. The lowest BCUT2D eigenvalue weighted by Crippen LogP contribution is -2.33. The van der Waals surface area contributed by atoms with Crippen molar-refractivity contribution >= 4 is 111 Å². The van der Waals surface area contributed by atoms with Gasteiger partial charge in [-0.25, -0.2) is 27.6 Å². The third kappa shape index (κ3) is 16.7. The standard InChI is InChI=1S/C17H19FN6O5.C16H18FN7O4.C15H15ClFN7O3/c1-9(25)19-7-11-8-24(17(26)29-11)10-4-5-13(12(18)6-10)20-14-21-15(27-2)23-16(22-14)28-3;1-8(25)19-6-10-7-24(16(26)28-10)9-3-4-12(11(17)5-9)20-14-21-13(18)22-15(23-14)27-2;1-7(25)19-5-9-6-24(15(26)27-9)8-2-3-11(10(17)4-8)20-14-22-12(16)21-13(18)23-14/h4-6,11H,7-8H2,1-3H3,(H,19,25)(H,20,21,22,23);3-5,10H,6-7H2,1-2H3,(H,19,25)(H3,18,20,21,22,23);2-4,9H,5-6H2,1H3,(H,19,25)(H3,18,20,21,22,23)/t11-;10-;9-/m000/s1. The summed E-state index contributed by atoms with van der Waals surface area (Å²) in [6.07, 6.45) is -3.41. The number of nitrogens with zero attached hydrogens (tertiary/aromatic N) is 12. The largest absolute Gasteiger partial charge is 0.467 e. The number of methoxy groups -OCH3 is 3. The Balaban J connectivity index is 0.000000181. The summed E-state index contributed by atoms with van der Waals surface area (Å²) in [6.45, 7) is 5.21. The Hall–Kier alpha value is -10.6. The highest BCUT2D eigenvalue weighted by Crippen LogP contribution is 2.31. The molecule has 32 nitrogen and oxygen atoms in total. The number of anilines is 11. The average Bonchev–Trinajstić information content (AvgIpc) is 4.25. The zero-order chi connectivity index (χ0) is 60.8. The quantitative estimate of drug-likeness (QED) is 0.0571. The number of nitrogens with one attached hydrogen (secondary N) is 6. The highest BCUT2D eigenvalue weighted by Gasteiger charge is 2.35. The highest BCUT2D eigenvalue weighted by atomic mass is 35.5. The maximum absolute atomic E-state index is 14.6. The van der Waals surface area contributed by atoms with Crippen molar-refractivity contribution in [2.24, 2.45) is 0 Å². The number of hydrogen-bond donors (Lipinski definition) is 8. The molecule has 36 heteroatoms. The fourth-order valence-corrected chi connectivity index (χ4v) is 7.65. The van der Waals surface area contributed by atoms with Gasteiger partial charge >= 0.3 is 36.3 Å². The summed E-state index contributed by atoms with van der Waals surface area (Å²) in [6, 6.07) is 12.4. The van der Waals surface area contributed by atoms with Crippen LogP contribution < -0.4 is 72.3 Å². The van der Waals surface area contributed by atoms with Crippen molar-refractivity contribution in [3.05, 3.63) is 77.3 Å². The van der Waals surface area contributed by atoms with E-state index < -0.39 is 54.0 Å². The molecule has 3 aliphatic heterocycles. The minimum atomic E-state index is -0.652. The first-order valence-electron chi connectivity index (χ1n) is 24.5. The van der Waals surface area contributed by atoms with Crippen LogP contribution in [-0.2, 0) is 28.6 Å². The number of nitrogen functional groups attached to an aromatic ring is 2. The molecule has 444 valence electrons. The van der Waals surface area contributed by atoms with Crippen LogP contribution in [0.15, 0.2) is 54.6 Å². The van der Waals surface area contributed by atoms with Crippen LogP contribution in [0.1, 0.15) is 20.8 Å². The van der Waals surface area contributed by atoms with Crippen molar-refractivity contribution < 1.29 is 70.4 Å². The van der Waals surface area contributed by atoms with Crippen molar-refractivity contribution in [2.45, 2.75) is 39.1 Å². The Morgan fingerprint density at radius 3 is 1.13 bits per heavy atom. The van der Waals surface area contributed by atoms with Gasteiger partial charge < -0.3 is 71.8 Å². The zero-order valence-corrected chi connectivity index (χ0v) is 45.9. The van der Waals surface area contributed by atoms with Crippen LogP contribution in [0, 0.1) is 17.5 Å². The number of ether oxygens (including phenoxy) is 6. The second kappa shape index (κ2) is 27.7. The molecule has 84 heavy (non-hydrogen) atoms. The molecule has 0 aliphatic carbocycles. The first kappa shape index (κ1) is 61.0. The SMILES string of the molecule is CC(=O)NC[C@H]1CN(c2ccc(Nc3nc(N)nc(Cl)n3)c(F)c2)C(=O)O1.COc1nc(N)nc(Nc2ccc(N3C[C@H](CNC(C)=O)OC3=O)cc2F)n1.COc1nc(Nc2ccc(N3C[C@H](CNC(C)=O)OC3=O)cc2F)nc(OC)n1. The van der Waals surface area contributed by atoms with Crippen molar-refractivity contribution in [1.82, 2.24) is 60.8 Å². The summed E-state index contributed by atoms with van der Waals surface area (Å²) in [5.74, 6) is -2.81. The Labute approximate surface area is 478 Å². The third-order valence-corrected chi connectivity index (χ3v) is 11.5. The van der Waals surface area contributed by atoms with E-state index in [2.05, 4.69) is 76.8 Å². The zero-order valence-electron chi connectivity index (χ0n) is 45.1. The molecule has 0 spiro atoms. The van der Waals surface area contributed by atoms with Crippen LogP contribution in [0.25, 0.3) is 0 Å². The molecule has 0 unspecified atom stereocenters. The molecule has 3 saturated heterocycles. The van der Waals surface area contributed by atoms with Crippen molar-refractivity contribution in [3.8, 4) is 18.0 Å². The van der Waals surface area contributed by atoms with Gasteiger partial charge in [-0.1, -0.05) is 0 Å². The predicted molar refractivity (Wildman–Crippen MR) is 291 cm³/mol. The number of nitrogens with two attached hydrogens (primary N) is 2. The number of halogens is 4. The molecule has 0 saturated carbocycles. The first-order valence-corrected chi connectivity index (χ1v) is 24.9. The Morgan fingerprint density at radius 1 is 0.512 bits per heavy atom. The molecule has 3 aromatic heterocycles. The van der Waals surface area contributed by atoms with Gasteiger partial charge in [0.1, 0.15) is 35.8 Å². The van der Waals surface area contributed by atoms with Crippen LogP contribution in [0.3, 0.4) is 0 Å². The predicted octanol–water partition coefficient (Wildman–Crippen LogP) is 3.49. The fraction of sp³-hybridized carbons (Fsp3) is 0.312. The molecule has 6 heterocycles. The number of cyclic esters (lactones) is 3. The third-order valence-electron chi connectivity index (χ3n) is 11.3. The molecular formula is C48H52ClF3N20O12. The molecule has 3 aliphatic rings. The van der Waals surface area contributed by atoms with Gasteiger partial charge in [0.2, 0.25) is 52.7 Å². The molecule has 6 aromatic rings. The number of benzene rings is 3. The maximum Gasteiger partial charge on any atom is 0.414 e. The summed E-state index contributed by atoms with van der Waals surface area (Å²) < 4.78 is 73.8. The van der Waals surface area contributed by atoms with Gasteiger partial charge in [0, 0.05) is 20.8 Å². The van der Waals surface area contributed by atoms with E-state index in [1.165, 1.54) is 99.3 Å². The first-order chi connectivity index (χ1) is 40.1. The van der Waals surface area contributed by atoms with Crippen LogP contribution >= 0.6 is 11.6 Å². The van der Waals surface area contributed by atoms with Gasteiger partial charge in [-0.2, -0.15) is 39.9 Å².